The summed E-state index contributed by atoms with van der Waals surface area (Å²) in [4.78, 5) is 31.0. The van der Waals surface area contributed by atoms with E-state index in [-0.39, 0.29) is 5.92 Å². The van der Waals surface area contributed by atoms with Crippen molar-refractivity contribution < 1.29 is 63.7 Å². The van der Waals surface area contributed by atoms with Crippen LogP contribution in [-0.2, 0) is 19.2 Å². The number of hydrogen-bond donors (Lipinski definition) is 10. The van der Waals surface area contributed by atoms with Crippen LogP contribution in [0.4, 0.5) is 0 Å². The Morgan fingerprint density at radius 2 is 1.06 bits per heavy atom. The molecule has 35 heavy (non-hydrogen) atoms. The van der Waals surface area contributed by atoms with Crippen molar-refractivity contribution in [1.29, 1.82) is 0 Å². The Hall–Kier alpha value is -1.54. The molecule has 0 aromatic heterocycles. The summed E-state index contributed by atoms with van der Waals surface area (Å²) >= 11 is 0. The monoisotopic (exact) mass is 542 g/mol. The third-order valence-electron chi connectivity index (χ3n) is 4.66. The van der Waals surface area contributed by atoms with Gasteiger partial charge in [-0.05, 0) is 5.56 Å². The second kappa shape index (κ2) is 14.9. The molecule has 10 N–H and O–H groups in total. The Kier molecular flexibility index (Phi) is 14.2. The normalized spacial score (nSPS) is 13.1. The highest BCUT2D eigenvalue weighted by Gasteiger charge is 2.34. The Labute approximate surface area is 202 Å². The van der Waals surface area contributed by atoms with Crippen molar-refractivity contribution in [2.75, 3.05) is 26.4 Å². The summed E-state index contributed by atoms with van der Waals surface area (Å²) in [6, 6.07) is 18.4. The minimum absolute atomic E-state index is 0.383. The summed E-state index contributed by atoms with van der Waals surface area (Å²) < 4.78 is 22.2. The van der Waals surface area contributed by atoms with Crippen molar-refractivity contribution in [3.8, 4) is 0 Å². The van der Waals surface area contributed by atoms with Crippen molar-refractivity contribution in [1.82, 2.24) is 0 Å². The second-order valence-corrected chi connectivity index (χ2v) is 10.0. The van der Waals surface area contributed by atoms with Crippen molar-refractivity contribution in [3.63, 3.8) is 0 Å². The van der Waals surface area contributed by atoms with E-state index in [1.54, 1.807) is 24.3 Å². The zero-order valence-corrected chi connectivity index (χ0v) is 20.6. The van der Waals surface area contributed by atoms with Crippen molar-refractivity contribution in [2.24, 2.45) is 5.41 Å². The van der Waals surface area contributed by atoms with Gasteiger partial charge in [0.1, 0.15) is 0 Å². The smallest absolute Gasteiger partial charge is 0.396 e. The molecule has 2 aromatic carbocycles. The second-order valence-electron chi connectivity index (χ2n) is 7.42. The SMILES string of the molecule is CC(c1ccccc1)C(O)(O)c1ccccc1.O=P(O)(O)OP(=O)(O)O.OCC(CO)(CO)CO. The number of hydrogen-bond acceptors (Lipinski definition) is 9. The van der Waals surface area contributed by atoms with Crippen LogP contribution >= 0.6 is 15.6 Å². The number of benzene rings is 2. The first-order chi connectivity index (χ1) is 16.1. The average molecular weight is 542 g/mol. The lowest BCUT2D eigenvalue weighted by molar-refractivity contribution is -0.185. The molecule has 1 atom stereocenters. The largest absolute Gasteiger partial charge is 0.478 e. The molecule has 0 aliphatic carbocycles. The van der Waals surface area contributed by atoms with Gasteiger partial charge in [-0.3, -0.25) is 0 Å². The predicted molar refractivity (Wildman–Crippen MR) is 123 cm³/mol. The van der Waals surface area contributed by atoms with Crippen LogP contribution in [0.15, 0.2) is 60.7 Å². The van der Waals surface area contributed by atoms with Crippen LogP contribution < -0.4 is 0 Å². The van der Waals surface area contributed by atoms with Gasteiger partial charge in [-0.1, -0.05) is 67.6 Å². The third kappa shape index (κ3) is 12.8. The topological polar surface area (TPSA) is 246 Å². The first-order valence-corrected chi connectivity index (χ1v) is 12.9. The molecule has 2 rings (SSSR count). The van der Waals surface area contributed by atoms with Gasteiger partial charge in [-0.15, -0.1) is 0 Å². The van der Waals surface area contributed by atoms with Gasteiger partial charge in [-0.2, -0.15) is 4.31 Å². The van der Waals surface area contributed by atoms with Crippen molar-refractivity contribution in [2.45, 2.75) is 18.6 Å². The summed E-state index contributed by atoms with van der Waals surface area (Å²) in [6.07, 6.45) is 0. The molecule has 13 nitrogen and oxygen atoms in total. The Bertz CT molecular complexity index is 887. The van der Waals surface area contributed by atoms with E-state index >= 15 is 0 Å². The lowest BCUT2D eigenvalue weighted by Crippen LogP contribution is -2.37. The third-order valence-corrected chi connectivity index (χ3v) is 6.36. The van der Waals surface area contributed by atoms with Crippen molar-refractivity contribution in [3.05, 3.63) is 71.8 Å². The highest BCUT2D eigenvalue weighted by Crippen LogP contribution is 2.53. The van der Waals surface area contributed by atoms with Crippen LogP contribution in [0, 0.1) is 5.41 Å². The number of aliphatic hydroxyl groups excluding tert-OH is 4. The molecule has 200 valence electrons. The minimum Gasteiger partial charge on any atom is -0.396 e. The van der Waals surface area contributed by atoms with Gasteiger partial charge in [0.25, 0.3) is 0 Å². The average Bonchev–Trinajstić information content (AvgIpc) is 2.80. The maximum absolute atomic E-state index is 10.3. The molecule has 0 aliphatic rings. The van der Waals surface area contributed by atoms with E-state index in [2.05, 4.69) is 4.31 Å². The molecule has 0 amide bonds. The first-order valence-electron chi connectivity index (χ1n) is 9.88. The highest BCUT2D eigenvalue weighted by atomic mass is 31.3. The Morgan fingerprint density at radius 1 is 0.714 bits per heavy atom. The predicted octanol–water partition coefficient (Wildman–Crippen LogP) is -0.242. The maximum Gasteiger partial charge on any atom is 0.478 e. The van der Waals surface area contributed by atoms with Gasteiger partial charge in [0.2, 0.25) is 0 Å². The highest BCUT2D eigenvalue weighted by molar-refractivity contribution is 7.60. The fraction of sp³-hybridized carbons (Fsp3) is 0.400. The fourth-order valence-electron chi connectivity index (χ4n) is 2.35. The van der Waals surface area contributed by atoms with E-state index in [1.807, 2.05) is 43.3 Å². The zero-order valence-electron chi connectivity index (χ0n) is 18.8. The summed E-state index contributed by atoms with van der Waals surface area (Å²) in [6.45, 7) is 0.183. The van der Waals surface area contributed by atoms with E-state index < -0.39 is 53.3 Å². The lowest BCUT2D eigenvalue weighted by Gasteiger charge is -2.29. The van der Waals surface area contributed by atoms with Gasteiger partial charge < -0.3 is 50.2 Å². The summed E-state index contributed by atoms with van der Waals surface area (Å²) in [5, 5.41) is 54.5. The molecule has 0 spiro atoms. The molecule has 0 bridgehead atoms. The number of phosphoric acid groups is 2. The summed E-state index contributed by atoms with van der Waals surface area (Å²) in [5.74, 6) is -2.23. The molecular formula is C20H32O13P2. The molecular weight excluding hydrogens is 510 g/mol. The molecule has 1 unspecified atom stereocenters. The van der Waals surface area contributed by atoms with Crippen LogP contribution in [-0.4, -0.2) is 76.6 Å². The molecule has 2 aromatic rings. The number of aliphatic hydroxyl groups is 6. The van der Waals surface area contributed by atoms with E-state index in [0.29, 0.717) is 5.56 Å². The molecule has 0 radical (unpaired) electrons. The van der Waals surface area contributed by atoms with Crippen molar-refractivity contribution >= 4 is 15.6 Å². The Morgan fingerprint density at radius 3 is 1.31 bits per heavy atom. The van der Waals surface area contributed by atoms with E-state index in [9.17, 15) is 19.3 Å². The number of rotatable bonds is 9. The first kappa shape index (κ1) is 33.5. The lowest BCUT2D eigenvalue weighted by atomic mass is 9.87. The summed E-state index contributed by atoms with van der Waals surface area (Å²) in [7, 11) is -10.1. The molecule has 0 fully saturated rings. The molecule has 0 saturated heterocycles. The van der Waals surface area contributed by atoms with Gasteiger partial charge in [0.05, 0.1) is 31.8 Å². The van der Waals surface area contributed by atoms with Crippen LogP contribution in [0.25, 0.3) is 0 Å². The van der Waals surface area contributed by atoms with E-state index in [4.69, 9.17) is 40.0 Å². The fourth-order valence-corrected chi connectivity index (χ4v) is 3.45. The van der Waals surface area contributed by atoms with Gasteiger partial charge >= 0.3 is 15.6 Å². The minimum atomic E-state index is -5.05. The van der Waals surface area contributed by atoms with E-state index in [0.717, 1.165) is 5.56 Å². The standard InChI is InChI=1S/C15H16O2.C5H12O4.H4O7P2/c1-12(13-8-4-2-5-9-13)15(16,17)14-10-6-3-7-11-14;6-1-5(2-7,3-8)4-9;1-8(2,3)7-9(4,5)6/h2-12,16-17H,1H3;6-9H,1-4H2;(H2,1,2,3)(H2,4,5,6). The van der Waals surface area contributed by atoms with Crippen LogP contribution in [0.1, 0.15) is 24.0 Å². The molecule has 0 saturated carbocycles. The molecule has 0 aliphatic heterocycles. The van der Waals surface area contributed by atoms with Gasteiger partial charge in [0, 0.05) is 11.5 Å². The van der Waals surface area contributed by atoms with Gasteiger partial charge in [0.15, 0.2) is 5.79 Å². The van der Waals surface area contributed by atoms with Gasteiger partial charge in [-0.25, -0.2) is 9.13 Å². The van der Waals surface area contributed by atoms with E-state index in [1.165, 1.54) is 0 Å². The summed E-state index contributed by atoms with van der Waals surface area (Å²) in [5.41, 5.74) is 0.303. The molecule has 15 heteroatoms. The van der Waals surface area contributed by atoms with Crippen LogP contribution in [0.3, 0.4) is 0 Å². The maximum atomic E-state index is 10.3. The Balaban J connectivity index is 0.000000549. The van der Waals surface area contributed by atoms with Crippen LogP contribution in [0.2, 0.25) is 0 Å². The van der Waals surface area contributed by atoms with Crippen LogP contribution in [0.5, 0.6) is 0 Å². The molecule has 0 heterocycles. The zero-order chi connectivity index (χ0) is 27.3. The quantitative estimate of drug-likeness (QED) is 0.145.